The molecule has 0 aliphatic rings. The monoisotopic (exact) mass is 301 g/mol. The second-order valence-electron chi connectivity index (χ2n) is 3.53. The van der Waals surface area contributed by atoms with Crippen molar-refractivity contribution in [2.75, 3.05) is 0 Å². The highest BCUT2D eigenvalue weighted by molar-refractivity contribution is 9.10. The van der Waals surface area contributed by atoms with Gasteiger partial charge >= 0.3 is 5.97 Å². The molecule has 0 saturated carbocycles. The number of ether oxygens (including phenoxy) is 1. The Kier molecular flexibility index (Phi) is 3.75. The topological polar surface area (TPSA) is 50.1 Å². The van der Waals surface area contributed by atoms with E-state index in [2.05, 4.69) is 15.9 Å². The molecule has 4 heteroatoms. The second-order valence-corrected chi connectivity index (χ2v) is 4.45. The van der Waals surface area contributed by atoms with Crippen LogP contribution in [0.4, 0.5) is 0 Å². The number of carbonyl (C=O) groups is 1. The summed E-state index contributed by atoms with van der Waals surface area (Å²) in [6.07, 6.45) is 0. The van der Waals surface area contributed by atoms with E-state index in [9.17, 15) is 4.79 Å². The lowest BCUT2D eigenvalue weighted by Crippen LogP contribution is -2.08. The molecule has 0 heterocycles. The van der Waals surface area contributed by atoms with Gasteiger partial charge in [-0.05, 0) is 48.5 Å². The number of esters is 1. The minimum atomic E-state index is -0.424. The van der Waals surface area contributed by atoms with E-state index >= 15 is 0 Å². The van der Waals surface area contributed by atoms with Gasteiger partial charge in [-0.3, -0.25) is 0 Å². The first kappa shape index (κ1) is 12.3. The fourth-order valence-electron chi connectivity index (χ4n) is 1.35. The lowest BCUT2D eigenvalue weighted by atomic mass is 10.2. The van der Waals surface area contributed by atoms with Gasteiger partial charge in [-0.1, -0.05) is 15.9 Å². The maximum absolute atomic E-state index is 11.8. The van der Waals surface area contributed by atoms with Crippen LogP contribution in [0.5, 0.6) is 5.75 Å². The van der Waals surface area contributed by atoms with Crippen molar-refractivity contribution in [3.8, 4) is 11.8 Å². The van der Waals surface area contributed by atoms with Gasteiger partial charge in [-0.15, -0.1) is 0 Å². The van der Waals surface area contributed by atoms with E-state index in [0.717, 1.165) is 4.47 Å². The SMILES string of the molecule is N#Cc1ccc(OC(=O)c2ccc(Br)cc2)cc1. The Morgan fingerprint density at radius 3 is 2.22 bits per heavy atom. The van der Waals surface area contributed by atoms with Crippen molar-refractivity contribution >= 4 is 21.9 Å². The average molecular weight is 302 g/mol. The van der Waals surface area contributed by atoms with Crippen LogP contribution in [0, 0.1) is 11.3 Å². The van der Waals surface area contributed by atoms with E-state index in [4.69, 9.17) is 10.00 Å². The standard InChI is InChI=1S/C14H8BrNO2/c15-12-5-3-11(4-6-12)14(17)18-13-7-1-10(9-16)2-8-13/h1-8H. The molecular formula is C14H8BrNO2. The highest BCUT2D eigenvalue weighted by atomic mass is 79.9. The van der Waals surface area contributed by atoms with E-state index in [0.29, 0.717) is 16.9 Å². The van der Waals surface area contributed by atoms with Crippen molar-refractivity contribution in [3.05, 3.63) is 64.1 Å². The van der Waals surface area contributed by atoms with E-state index in [1.807, 2.05) is 6.07 Å². The Morgan fingerprint density at radius 2 is 1.67 bits per heavy atom. The molecule has 2 aromatic carbocycles. The lowest BCUT2D eigenvalue weighted by Gasteiger charge is -2.04. The van der Waals surface area contributed by atoms with Crippen LogP contribution in [0.3, 0.4) is 0 Å². The minimum absolute atomic E-state index is 0.418. The summed E-state index contributed by atoms with van der Waals surface area (Å²) in [4.78, 5) is 11.8. The highest BCUT2D eigenvalue weighted by Crippen LogP contribution is 2.15. The van der Waals surface area contributed by atoms with Crippen molar-refractivity contribution in [1.29, 1.82) is 5.26 Å². The molecule has 2 aromatic rings. The third-order valence-electron chi connectivity index (χ3n) is 2.27. The first-order valence-corrected chi connectivity index (χ1v) is 5.96. The normalized spacial score (nSPS) is 9.56. The van der Waals surface area contributed by atoms with E-state index in [1.165, 1.54) is 0 Å². The minimum Gasteiger partial charge on any atom is -0.423 e. The molecule has 0 atom stereocenters. The van der Waals surface area contributed by atoms with Gasteiger partial charge in [0.05, 0.1) is 17.2 Å². The third kappa shape index (κ3) is 2.96. The predicted molar refractivity (Wildman–Crippen MR) is 70.3 cm³/mol. The molecule has 0 aliphatic carbocycles. The zero-order valence-corrected chi connectivity index (χ0v) is 10.8. The van der Waals surface area contributed by atoms with Crippen LogP contribution in [0.2, 0.25) is 0 Å². The van der Waals surface area contributed by atoms with Gasteiger partial charge in [0.15, 0.2) is 0 Å². The van der Waals surface area contributed by atoms with Gasteiger partial charge in [0, 0.05) is 4.47 Å². The van der Waals surface area contributed by atoms with Gasteiger partial charge in [0.1, 0.15) is 5.75 Å². The number of hydrogen-bond acceptors (Lipinski definition) is 3. The zero-order valence-electron chi connectivity index (χ0n) is 9.26. The average Bonchev–Trinajstić information content (AvgIpc) is 2.40. The lowest BCUT2D eigenvalue weighted by molar-refractivity contribution is 0.0735. The van der Waals surface area contributed by atoms with Crippen molar-refractivity contribution in [2.45, 2.75) is 0 Å². The number of benzene rings is 2. The third-order valence-corrected chi connectivity index (χ3v) is 2.80. The molecule has 0 spiro atoms. The number of hydrogen-bond donors (Lipinski definition) is 0. The van der Waals surface area contributed by atoms with Crippen LogP contribution in [0.15, 0.2) is 53.0 Å². The number of rotatable bonds is 2. The fourth-order valence-corrected chi connectivity index (χ4v) is 1.61. The second kappa shape index (κ2) is 5.48. The van der Waals surface area contributed by atoms with Gasteiger partial charge in [-0.25, -0.2) is 4.79 Å². The summed E-state index contributed by atoms with van der Waals surface area (Å²) in [5, 5.41) is 8.65. The Morgan fingerprint density at radius 1 is 1.06 bits per heavy atom. The van der Waals surface area contributed by atoms with Gasteiger partial charge < -0.3 is 4.74 Å². The Balaban J connectivity index is 2.11. The van der Waals surface area contributed by atoms with Crippen LogP contribution < -0.4 is 4.74 Å². The number of carbonyl (C=O) groups excluding carboxylic acids is 1. The van der Waals surface area contributed by atoms with Crippen molar-refractivity contribution in [2.24, 2.45) is 0 Å². The summed E-state index contributed by atoms with van der Waals surface area (Å²) < 4.78 is 6.08. The molecule has 0 radical (unpaired) electrons. The molecule has 0 saturated heterocycles. The fraction of sp³-hybridized carbons (Fsp3) is 0. The summed E-state index contributed by atoms with van der Waals surface area (Å²) in [7, 11) is 0. The van der Waals surface area contributed by atoms with Crippen LogP contribution in [-0.2, 0) is 0 Å². The smallest absolute Gasteiger partial charge is 0.343 e. The van der Waals surface area contributed by atoms with Crippen LogP contribution >= 0.6 is 15.9 Å². The molecular weight excluding hydrogens is 294 g/mol. The molecule has 3 nitrogen and oxygen atoms in total. The van der Waals surface area contributed by atoms with E-state index in [1.54, 1.807) is 48.5 Å². The molecule has 0 amide bonds. The van der Waals surface area contributed by atoms with Crippen molar-refractivity contribution in [1.82, 2.24) is 0 Å². The van der Waals surface area contributed by atoms with Crippen LogP contribution in [-0.4, -0.2) is 5.97 Å². The van der Waals surface area contributed by atoms with E-state index < -0.39 is 5.97 Å². The number of nitriles is 1. The Labute approximate surface area is 113 Å². The molecule has 18 heavy (non-hydrogen) atoms. The maximum atomic E-state index is 11.8. The first-order valence-electron chi connectivity index (χ1n) is 5.17. The number of halogens is 1. The molecule has 0 fully saturated rings. The van der Waals surface area contributed by atoms with Crippen molar-refractivity contribution < 1.29 is 9.53 Å². The summed E-state index contributed by atoms with van der Waals surface area (Å²) in [6, 6.07) is 15.3. The number of nitrogens with zero attached hydrogens (tertiary/aromatic N) is 1. The van der Waals surface area contributed by atoms with Crippen molar-refractivity contribution in [3.63, 3.8) is 0 Å². The van der Waals surface area contributed by atoms with Gasteiger partial charge in [-0.2, -0.15) is 5.26 Å². The van der Waals surface area contributed by atoms with Gasteiger partial charge in [0.2, 0.25) is 0 Å². The zero-order chi connectivity index (χ0) is 13.0. The molecule has 0 N–H and O–H groups in total. The summed E-state index contributed by atoms with van der Waals surface area (Å²) >= 11 is 3.29. The maximum Gasteiger partial charge on any atom is 0.343 e. The van der Waals surface area contributed by atoms with Gasteiger partial charge in [0.25, 0.3) is 0 Å². The molecule has 0 aliphatic heterocycles. The summed E-state index contributed by atoms with van der Waals surface area (Å²) in [5.41, 5.74) is 1.00. The highest BCUT2D eigenvalue weighted by Gasteiger charge is 2.07. The molecule has 88 valence electrons. The molecule has 2 rings (SSSR count). The largest absolute Gasteiger partial charge is 0.423 e. The summed E-state index contributed by atoms with van der Waals surface area (Å²) in [6.45, 7) is 0. The molecule has 0 bridgehead atoms. The van der Waals surface area contributed by atoms with Crippen LogP contribution in [0.1, 0.15) is 15.9 Å². The summed E-state index contributed by atoms with van der Waals surface area (Å²) in [5.74, 6) is -0.00544. The predicted octanol–water partition coefficient (Wildman–Crippen LogP) is 3.54. The molecule has 0 aromatic heterocycles. The Bertz CT molecular complexity index is 597. The Hall–Kier alpha value is -2.12. The first-order chi connectivity index (χ1) is 8.69. The van der Waals surface area contributed by atoms with Crippen LogP contribution in [0.25, 0.3) is 0 Å². The molecule has 0 unspecified atom stereocenters. The quantitative estimate of drug-likeness (QED) is 0.630. The van der Waals surface area contributed by atoms with E-state index in [-0.39, 0.29) is 0 Å².